The summed E-state index contributed by atoms with van der Waals surface area (Å²) in [6, 6.07) is 3.26. The zero-order chi connectivity index (χ0) is 16.4. The summed E-state index contributed by atoms with van der Waals surface area (Å²) in [5.74, 6) is 0. The van der Waals surface area contributed by atoms with Gasteiger partial charge in [0.15, 0.2) is 0 Å². The summed E-state index contributed by atoms with van der Waals surface area (Å²) in [5.41, 5.74) is 0.779. The van der Waals surface area contributed by atoms with Gasteiger partial charge < -0.3 is 14.5 Å². The average Bonchev–Trinajstić information content (AvgIpc) is 3.02. The number of nitro groups is 1. The summed E-state index contributed by atoms with van der Waals surface area (Å²) in [5, 5.41) is 18.7. The quantitative estimate of drug-likeness (QED) is 0.615. The van der Waals surface area contributed by atoms with Crippen molar-refractivity contribution < 1.29 is 19.1 Å². The van der Waals surface area contributed by atoms with Crippen LogP contribution < -0.4 is 4.90 Å². The maximum atomic E-state index is 11.7. The van der Waals surface area contributed by atoms with Gasteiger partial charge in [0.1, 0.15) is 11.2 Å². The number of hydrogen-bond acceptors (Lipinski definition) is 8. The van der Waals surface area contributed by atoms with Gasteiger partial charge in [-0.05, 0) is 29.4 Å². The van der Waals surface area contributed by atoms with Crippen LogP contribution in [-0.4, -0.2) is 59.0 Å². The first-order valence-corrected chi connectivity index (χ1v) is 7.18. The second-order valence-electron chi connectivity index (χ2n) is 5.00. The van der Waals surface area contributed by atoms with Crippen LogP contribution in [0.4, 0.5) is 16.2 Å². The molecule has 10 heteroatoms. The fourth-order valence-corrected chi connectivity index (χ4v) is 2.61. The van der Waals surface area contributed by atoms with E-state index in [1.165, 1.54) is 0 Å². The highest BCUT2D eigenvalue weighted by Crippen LogP contribution is 2.34. The maximum absolute atomic E-state index is 11.7. The molecule has 1 aromatic carbocycles. The number of ether oxygens (including phenoxy) is 1. The fourth-order valence-electron chi connectivity index (χ4n) is 2.61. The number of aromatic nitrogens is 2. The Balaban J connectivity index is 1.83. The SMILES string of the molecule is CCOC(=O)N1CCN(c2ccc3nonc3c2[N+](=O)[O-])CC1. The molecule has 1 saturated heterocycles. The molecule has 0 radical (unpaired) electrons. The Hall–Kier alpha value is -2.91. The number of rotatable bonds is 3. The Kier molecular flexibility index (Phi) is 3.96. The fraction of sp³-hybridized carbons (Fsp3) is 0.462. The second kappa shape index (κ2) is 6.07. The van der Waals surface area contributed by atoms with E-state index in [0.717, 1.165) is 0 Å². The molecule has 0 saturated carbocycles. The zero-order valence-corrected chi connectivity index (χ0v) is 12.5. The number of hydrogen-bond donors (Lipinski definition) is 0. The molecule has 0 bridgehead atoms. The molecular weight excluding hydrogens is 306 g/mol. The highest BCUT2D eigenvalue weighted by molar-refractivity contribution is 5.91. The zero-order valence-electron chi connectivity index (χ0n) is 12.5. The number of fused-ring (bicyclic) bond motifs is 1. The number of carbonyl (C=O) groups is 1. The molecule has 3 rings (SSSR count). The molecule has 2 aromatic rings. The van der Waals surface area contributed by atoms with Crippen molar-refractivity contribution in [3.63, 3.8) is 0 Å². The first kappa shape index (κ1) is 15.0. The van der Waals surface area contributed by atoms with Crippen molar-refractivity contribution in [2.24, 2.45) is 0 Å². The van der Waals surface area contributed by atoms with Gasteiger partial charge in [-0.15, -0.1) is 0 Å². The molecule has 1 aliphatic heterocycles. The van der Waals surface area contributed by atoms with E-state index in [1.807, 2.05) is 4.90 Å². The van der Waals surface area contributed by atoms with Gasteiger partial charge in [-0.3, -0.25) is 10.1 Å². The predicted molar refractivity (Wildman–Crippen MR) is 79.3 cm³/mol. The highest BCUT2D eigenvalue weighted by atomic mass is 16.6. The Morgan fingerprint density at radius 3 is 2.74 bits per heavy atom. The van der Waals surface area contributed by atoms with Crippen LogP contribution >= 0.6 is 0 Å². The molecule has 1 aliphatic rings. The van der Waals surface area contributed by atoms with Crippen LogP contribution in [0, 0.1) is 10.1 Å². The minimum atomic E-state index is -0.487. The van der Waals surface area contributed by atoms with E-state index in [0.29, 0.717) is 44.0 Å². The van der Waals surface area contributed by atoms with E-state index >= 15 is 0 Å². The maximum Gasteiger partial charge on any atom is 0.409 e. The molecule has 23 heavy (non-hydrogen) atoms. The Bertz CT molecular complexity index is 737. The number of nitro benzene ring substituents is 1. The molecule has 1 fully saturated rings. The standard InChI is InChI=1S/C13H15N5O5/c1-2-22-13(19)17-7-5-16(6-8-17)10-4-3-9-11(15-23-14-9)12(10)18(20)21/h3-4H,2,5-8H2,1H3. The van der Waals surface area contributed by atoms with Crippen molar-refractivity contribution in [2.75, 3.05) is 37.7 Å². The van der Waals surface area contributed by atoms with Crippen molar-refractivity contribution in [3.8, 4) is 0 Å². The molecule has 1 amide bonds. The smallest absolute Gasteiger partial charge is 0.409 e. The summed E-state index contributed by atoms with van der Waals surface area (Å²) in [7, 11) is 0. The molecular formula is C13H15N5O5. The van der Waals surface area contributed by atoms with E-state index in [2.05, 4.69) is 14.9 Å². The van der Waals surface area contributed by atoms with Crippen LogP contribution in [0.3, 0.4) is 0 Å². The third-order valence-corrected chi connectivity index (χ3v) is 3.71. The average molecular weight is 321 g/mol. The van der Waals surface area contributed by atoms with Crippen LogP contribution in [0.5, 0.6) is 0 Å². The highest BCUT2D eigenvalue weighted by Gasteiger charge is 2.29. The first-order valence-electron chi connectivity index (χ1n) is 7.18. The van der Waals surface area contributed by atoms with Crippen LogP contribution in [0.2, 0.25) is 0 Å². The number of anilines is 1. The normalized spacial score (nSPS) is 15.0. The number of carbonyl (C=O) groups excluding carboxylic acids is 1. The van der Waals surface area contributed by atoms with Crippen molar-refractivity contribution in [2.45, 2.75) is 6.92 Å². The number of nitrogens with zero attached hydrogens (tertiary/aromatic N) is 5. The lowest BCUT2D eigenvalue weighted by atomic mass is 10.2. The van der Waals surface area contributed by atoms with E-state index in [1.54, 1.807) is 24.0 Å². The van der Waals surface area contributed by atoms with Crippen LogP contribution in [0.25, 0.3) is 11.0 Å². The predicted octanol–water partition coefficient (Wildman–Crippen LogP) is 1.41. The summed E-state index contributed by atoms with van der Waals surface area (Å²) < 4.78 is 9.54. The molecule has 2 heterocycles. The molecule has 0 N–H and O–H groups in total. The van der Waals surface area contributed by atoms with Crippen LogP contribution in [0.1, 0.15) is 6.92 Å². The van der Waals surface area contributed by atoms with Gasteiger partial charge in [0, 0.05) is 26.2 Å². The third-order valence-electron chi connectivity index (χ3n) is 3.71. The van der Waals surface area contributed by atoms with Gasteiger partial charge in [0.05, 0.1) is 11.5 Å². The third kappa shape index (κ3) is 2.74. The largest absolute Gasteiger partial charge is 0.450 e. The molecule has 10 nitrogen and oxygen atoms in total. The van der Waals surface area contributed by atoms with E-state index < -0.39 is 4.92 Å². The summed E-state index contributed by atoms with van der Waals surface area (Å²) in [6.45, 7) is 3.88. The molecule has 0 spiro atoms. The van der Waals surface area contributed by atoms with Gasteiger partial charge in [-0.2, -0.15) is 0 Å². The van der Waals surface area contributed by atoms with Crippen LogP contribution in [-0.2, 0) is 4.74 Å². The Morgan fingerprint density at radius 1 is 1.35 bits per heavy atom. The van der Waals surface area contributed by atoms with Crippen molar-refractivity contribution in [1.82, 2.24) is 15.2 Å². The van der Waals surface area contributed by atoms with Crippen molar-refractivity contribution in [3.05, 3.63) is 22.2 Å². The second-order valence-corrected chi connectivity index (χ2v) is 5.00. The number of benzene rings is 1. The van der Waals surface area contributed by atoms with E-state index in [4.69, 9.17) is 4.74 Å². The van der Waals surface area contributed by atoms with Gasteiger partial charge in [-0.25, -0.2) is 9.42 Å². The van der Waals surface area contributed by atoms with Crippen LogP contribution in [0.15, 0.2) is 16.8 Å². The van der Waals surface area contributed by atoms with Gasteiger partial charge in [0.2, 0.25) is 5.52 Å². The lowest BCUT2D eigenvalue weighted by Crippen LogP contribution is -2.49. The summed E-state index contributed by atoms with van der Waals surface area (Å²) >= 11 is 0. The van der Waals surface area contributed by atoms with E-state index in [-0.39, 0.29) is 17.3 Å². The van der Waals surface area contributed by atoms with E-state index in [9.17, 15) is 14.9 Å². The topological polar surface area (TPSA) is 115 Å². The van der Waals surface area contributed by atoms with Gasteiger partial charge >= 0.3 is 11.8 Å². The first-order chi connectivity index (χ1) is 11.1. The Morgan fingerprint density at radius 2 is 2.09 bits per heavy atom. The Labute approximate surface area is 130 Å². The monoisotopic (exact) mass is 321 g/mol. The number of piperazine rings is 1. The summed E-state index contributed by atoms with van der Waals surface area (Å²) in [4.78, 5) is 26.1. The molecule has 0 atom stereocenters. The molecule has 0 unspecified atom stereocenters. The van der Waals surface area contributed by atoms with Gasteiger partial charge in [0.25, 0.3) is 0 Å². The number of amides is 1. The van der Waals surface area contributed by atoms with Crippen molar-refractivity contribution >= 4 is 28.5 Å². The minimum absolute atomic E-state index is 0.125. The molecule has 122 valence electrons. The molecule has 0 aliphatic carbocycles. The summed E-state index contributed by atoms with van der Waals surface area (Å²) in [6.07, 6.45) is -0.363. The molecule has 1 aromatic heterocycles. The minimum Gasteiger partial charge on any atom is -0.450 e. The van der Waals surface area contributed by atoms with Crippen molar-refractivity contribution in [1.29, 1.82) is 0 Å². The lowest BCUT2D eigenvalue weighted by molar-refractivity contribution is -0.382. The van der Waals surface area contributed by atoms with Gasteiger partial charge in [-0.1, -0.05) is 0 Å². The lowest BCUT2D eigenvalue weighted by Gasteiger charge is -2.35.